The average molecular weight is 341 g/mol. The molecule has 0 unspecified atom stereocenters. The van der Waals surface area contributed by atoms with Crippen molar-refractivity contribution in [3.05, 3.63) is 83.1 Å². The smallest absolute Gasteiger partial charge is 0.239 e. The number of benzene rings is 2. The third kappa shape index (κ3) is 3.85. The molecule has 1 atom stereocenters. The van der Waals surface area contributed by atoms with E-state index in [1.165, 1.54) is 0 Å². The summed E-state index contributed by atoms with van der Waals surface area (Å²) in [6.07, 6.45) is 0. The number of primary amides is 1. The number of rotatable bonds is 6. The second-order valence-corrected chi connectivity index (χ2v) is 5.84. The Morgan fingerprint density at radius 1 is 1.04 bits per heavy atom. The van der Waals surface area contributed by atoms with Crippen LogP contribution in [0.3, 0.4) is 0 Å². The first-order valence-corrected chi connectivity index (χ1v) is 7.93. The van der Waals surface area contributed by atoms with E-state index < -0.39 is 11.9 Å². The van der Waals surface area contributed by atoms with Crippen LogP contribution in [0, 0.1) is 0 Å². The lowest BCUT2D eigenvalue weighted by Crippen LogP contribution is -2.33. The van der Waals surface area contributed by atoms with Crippen LogP contribution >= 0.6 is 11.6 Å². The molecule has 0 bridgehead atoms. The summed E-state index contributed by atoms with van der Waals surface area (Å²) in [5.74, 6) is 1.05. The molecule has 0 aliphatic carbocycles. The Balaban J connectivity index is 1.70. The van der Waals surface area contributed by atoms with E-state index in [9.17, 15) is 4.79 Å². The van der Waals surface area contributed by atoms with Gasteiger partial charge in [-0.05, 0) is 42.0 Å². The van der Waals surface area contributed by atoms with Gasteiger partial charge in [0.15, 0.2) is 0 Å². The monoisotopic (exact) mass is 340 g/mol. The number of halogens is 1. The molecule has 3 rings (SSSR count). The number of carbonyl (C=O) groups is 1. The second-order valence-electron chi connectivity index (χ2n) is 5.40. The molecule has 2 aromatic carbocycles. The van der Waals surface area contributed by atoms with Crippen LogP contribution in [0.5, 0.6) is 0 Å². The van der Waals surface area contributed by atoms with Crippen LogP contribution in [0.25, 0.3) is 11.3 Å². The van der Waals surface area contributed by atoms with E-state index in [-0.39, 0.29) is 0 Å². The second kappa shape index (κ2) is 7.34. The lowest BCUT2D eigenvalue weighted by molar-refractivity contribution is -0.120. The van der Waals surface area contributed by atoms with Gasteiger partial charge in [0.1, 0.15) is 17.6 Å². The lowest BCUT2D eigenvalue weighted by Gasteiger charge is -2.14. The van der Waals surface area contributed by atoms with Crippen molar-refractivity contribution in [3.63, 3.8) is 0 Å². The van der Waals surface area contributed by atoms with Crippen molar-refractivity contribution in [3.8, 4) is 11.3 Å². The fourth-order valence-electron chi connectivity index (χ4n) is 2.47. The molecule has 0 fully saturated rings. The van der Waals surface area contributed by atoms with Crippen LogP contribution in [0.15, 0.2) is 71.1 Å². The highest BCUT2D eigenvalue weighted by Gasteiger charge is 2.17. The number of nitrogens with one attached hydrogen (secondary N) is 1. The van der Waals surface area contributed by atoms with E-state index in [1.54, 1.807) is 0 Å². The summed E-state index contributed by atoms with van der Waals surface area (Å²) >= 11 is 5.89. The molecule has 0 saturated heterocycles. The van der Waals surface area contributed by atoms with Crippen LogP contribution in [0.2, 0.25) is 5.02 Å². The number of nitrogens with two attached hydrogens (primary N) is 1. The summed E-state index contributed by atoms with van der Waals surface area (Å²) in [4.78, 5) is 11.7. The normalized spacial score (nSPS) is 12.0. The maximum Gasteiger partial charge on any atom is 0.239 e. The molecule has 0 saturated carbocycles. The summed E-state index contributed by atoms with van der Waals surface area (Å²) in [5, 5.41) is 3.82. The minimum Gasteiger partial charge on any atom is -0.460 e. The molecule has 0 aliphatic rings. The molecule has 0 radical (unpaired) electrons. The Labute approximate surface area is 145 Å². The van der Waals surface area contributed by atoms with Gasteiger partial charge < -0.3 is 10.2 Å². The third-order valence-electron chi connectivity index (χ3n) is 3.69. The van der Waals surface area contributed by atoms with Gasteiger partial charge in [-0.15, -0.1) is 0 Å². The van der Waals surface area contributed by atoms with E-state index in [2.05, 4.69) is 5.32 Å². The van der Waals surface area contributed by atoms with Gasteiger partial charge in [0.2, 0.25) is 5.91 Å². The minimum atomic E-state index is -0.560. The SMILES string of the molecule is NC(=O)[C@H](NCc1ccc(-c2ccc(Cl)cc2)o1)c1ccccc1. The van der Waals surface area contributed by atoms with Gasteiger partial charge in [0, 0.05) is 10.6 Å². The topological polar surface area (TPSA) is 68.3 Å². The molecule has 1 amide bonds. The highest BCUT2D eigenvalue weighted by atomic mass is 35.5. The third-order valence-corrected chi connectivity index (χ3v) is 3.94. The Hall–Kier alpha value is -2.56. The molecule has 1 aromatic heterocycles. The first kappa shape index (κ1) is 16.3. The highest BCUT2D eigenvalue weighted by Crippen LogP contribution is 2.24. The molecule has 24 heavy (non-hydrogen) atoms. The molecule has 0 aliphatic heterocycles. The lowest BCUT2D eigenvalue weighted by atomic mass is 10.1. The van der Waals surface area contributed by atoms with E-state index in [1.807, 2.05) is 66.7 Å². The van der Waals surface area contributed by atoms with Gasteiger partial charge in [-0.2, -0.15) is 0 Å². The van der Waals surface area contributed by atoms with Gasteiger partial charge in [0.25, 0.3) is 0 Å². The van der Waals surface area contributed by atoms with Gasteiger partial charge in [-0.1, -0.05) is 41.9 Å². The zero-order valence-corrected chi connectivity index (χ0v) is 13.7. The summed E-state index contributed by atoms with van der Waals surface area (Å²) in [6, 6.07) is 20.0. The number of hydrogen-bond donors (Lipinski definition) is 2. The molecule has 5 heteroatoms. The zero-order valence-electron chi connectivity index (χ0n) is 12.9. The molecule has 4 nitrogen and oxygen atoms in total. The van der Waals surface area contributed by atoms with Gasteiger partial charge in [0.05, 0.1) is 6.54 Å². The quantitative estimate of drug-likeness (QED) is 0.714. The van der Waals surface area contributed by atoms with Crippen molar-refractivity contribution in [2.75, 3.05) is 0 Å². The molecule has 3 N–H and O–H groups in total. The summed E-state index contributed by atoms with van der Waals surface area (Å²) in [7, 11) is 0. The van der Waals surface area contributed by atoms with Crippen LogP contribution in [-0.2, 0) is 11.3 Å². The maximum absolute atomic E-state index is 11.7. The van der Waals surface area contributed by atoms with E-state index in [4.69, 9.17) is 21.8 Å². The maximum atomic E-state index is 11.7. The van der Waals surface area contributed by atoms with Crippen LogP contribution in [0.1, 0.15) is 17.4 Å². The van der Waals surface area contributed by atoms with Crippen LogP contribution in [0.4, 0.5) is 0 Å². The van der Waals surface area contributed by atoms with Crippen molar-refractivity contribution in [2.45, 2.75) is 12.6 Å². The van der Waals surface area contributed by atoms with Crippen molar-refractivity contribution < 1.29 is 9.21 Å². The highest BCUT2D eigenvalue weighted by molar-refractivity contribution is 6.30. The van der Waals surface area contributed by atoms with E-state index in [0.29, 0.717) is 11.6 Å². The number of amides is 1. The number of hydrogen-bond acceptors (Lipinski definition) is 3. The van der Waals surface area contributed by atoms with E-state index >= 15 is 0 Å². The molecule has 1 heterocycles. The van der Waals surface area contributed by atoms with Gasteiger partial charge in [-0.3, -0.25) is 10.1 Å². The predicted molar refractivity (Wildman–Crippen MR) is 94.4 cm³/mol. The zero-order chi connectivity index (χ0) is 16.9. The minimum absolute atomic E-state index is 0.399. The largest absolute Gasteiger partial charge is 0.460 e. The first-order chi connectivity index (χ1) is 11.6. The Morgan fingerprint density at radius 2 is 1.75 bits per heavy atom. The van der Waals surface area contributed by atoms with Crippen LogP contribution in [-0.4, -0.2) is 5.91 Å². The van der Waals surface area contributed by atoms with Crippen molar-refractivity contribution in [1.82, 2.24) is 5.32 Å². The molecular formula is C19H17ClN2O2. The molecule has 122 valence electrons. The molecule has 0 spiro atoms. The summed E-state index contributed by atoms with van der Waals surface area (Å²) in [5.41, 5.74) is 7.27. The summed E-state index contributed by atoms with van der Waals surface area (Å²) < 4.78 is 5.82. The van der Waals surface area contributed by atoms with Crippen molar-refractivity contribution in [2.24, 2.45) is 5.73 Å². The van der Waals surface area contributed by atoms with Crippen LogP contribution < -0.4 is 11.1 Å². The molecule has 3 aromatic rings. The van der Waals surface area contributed by atoms with Gasteiger partial charge >= 0.3 is 0 Å². The molecular weight excluding hydrogens is 324 g/mol. The fourth-order valence-corrected chi connectivity index (χ4v) is 2.60. The van der Waals surface area contributed by atoms with E-state index in [0.717, 1.165) is 22.6 Å². The Bertz CT molecular complexity index is 813. The standard InChI is InChI=1S/C19H17ClN2O2/c20-15-8-6-13(7-9-15)17-11-10-16(24-17)12-22-18(19(21)23)14-4-2-1-3-5-14/h1-11,18,22H,12H2,(H2,21,23)/t18-/m1/s1. The number of furan rings is 1. The fraction of sp³-hybridized carbons (Fsp3) is 0.105. The number of carbonyl (C=O) groups excluding carboxylic acids is 1. The Kier molecular flexibility index (Phi) is 4.99. The average Bonchev–Trinajstić information content (AvgIpc) is 3.05. The predicted octanol–water partition coefficient (Wildman–Crippen LogP) is 3.92. The van der Waals surface area contributed by atoms with Gasteiger partial charge in [-0.25, -0.2) is 0 Å². The van der Waals surface area contributed by atoms with Crippen molar-refractivity contribution >= 4 is 17.5 Å². The summed E-state index contributed by atoms with van der Waals surface area (Å²) in [6.45, 7) is 0.399. The Morgan fingerprint density at radius 3 is 2.42 bits per heavy atom. The van der Waals surface area contributed by atoms with Crippen molar-refractivity contribution in [1.29, 1.82) is 0 Å². The first-order valence-electron chi connectivity index (χ1n) is 7.56.